The monoisotopic (exact) mass is 266 g/mol. The molecule has 1 aromatic carbocycles. The predicted molar refractivity (Wildman–Crippen MR) is 78.3 cm³/mol. The fourth-order valence-electron chi connectivity index (χ4n) is 2.52. The average molecular weight is 266 g/mol. The van der Waals surface area contributed by atoms with Gasteiger partial charge in [0.1, 0.15) is 0 Å². The van der Waals surface area contributed by atoms with Gasteiger partial charge in [-0.15, -0.1) is 0 Å². The molecule has 1 N–H and O–H groups in total. The highest BCUT2D eigenvalue weighted by Crippen LogP contribution is 2.21. The summed E-state index contributed by atoms with van der Waals surface area (Å²) in [5.41, 5.74) is 0.201. The van der Waals surface area contributed by atoms with Crippen LogP contribution in [0.15, 0.2) is 9.59 Å². The van der Waals surface area contributed by atoms with Crippen LogP contribution in [-0.2, 0) is 6.42 Å². The molecule has 1 aromatic rings. The van der Waals surface area contributed by atoms with Crippen molar-refractivity contribution in [1.82, 2.24) is 0 Å². The molecule has 0 aliphatic carbocycles. The van der Waals surface area contributed by atoms with Gasteiger partial charge in [-0.2, -0.15) is 0 Å². The minimum absolute atomic E-state index is 0.362. The lowest BCUT2D eigenvalue weighted by atomic mass is 9.90. The summed E-state index contributed by atoms with van der Waals surface area (Å²) in [7, 11) is 0. The van der Waals surface area contributed by atoms with E-state index in [4.69, 9.17) is 0 Å². The Morgan fingerprint density at radius 2 is 1.53 bits per heavy atom. The van der Waals surface area contributed by atoms with E-state index in [1.807, 2.05) is 0 Å². The summed E-state index contributed by atoms with van der Waals surface area (Å²) < 4.78 is 0. The highest BCUT2D eigenvalue weighted by atomic mass is 16.3. The Balaban J connectivity index is 2.54. The molecule has 0 amide bonds. The van der Waals surface area contributed by atoms with Crippen molar-refractivity contribution in [3.63, 3.8) is 0 Å². The van der Waals surface area contributed by atoms with E-state index in [9.17, 15) is 14.7 Å². The number of hydrogen-bond donors (Lipinski definition) is 1. The fourth-order valence-corrected chi connectivity index (χ4v) is 2.52. The second-order valence-electron chi connectivity index (χ2n) is 5.37. The molecule has 0 heterocycles. The third kappa shape index (κ3) is 4.27. The van der Waals surface area contributed by atoms with Gasteiger partial charge in [-0.25, -0.2) is 0 Å². The van der Waals surface area contributed by atoms with Gasteiger partial charge in [0.25, 0.3) is 0 Å². The van der Waals surface area contributed by atoms with Crippen LogP contribution in [0.4, 0.5) is 0 Å². The molecule has 1 unspecified atom stereocenters. The van der Waals surface area contributed by atoms with E-state index >= 15 is 0 Å². The van der Waals surface area contributed by atoms with Gasteiger partial charge >= 0.3 is 0 Å². The zero-order valence-electron chi connectivity index (χ0n) is 12.2. The first-order valence-corrected chi connectivity index (χ1v) is 7.63. The van der Waals surface area contributed by atoms with Gasteiger partial charge in [0, 0.05) is 11.1 Å². The van der Waals surface area contributed by atoms with E-state index in [0.717, 1.165) is 44.9 Å². The van der Waals surface area contributed by atoms with Crippen molar-refractivity contribution < 1.29 is 5.11 Å². The summed E-state index contributed by atoms with van der Waals surface area (Å²) in [6.07, 6.45) is 7.91. The lowest BCUT2D eigenvalue weighted by molar-refractivity contribution is 0.159. The zero-order chi connectivity index (χ0) is 14.3. The number of unbranched alkanes of at least 4 members (excludes halogenated alkanes) is 5. The van der Waals surface area contributed by atoms with E-state index in [0.29, 0.717) is 24.0 Å². The van der Waals surface area contributed by atoms with Crippen LogP contribution in [0.1, 0.15) is 82.4 Å². The van der Waals surface area contributed by atoms with Crippen LogP contribution < -0.4 is 10.9 Å². The lowest BCUT2D eigenvalue weighted by Crippen LogP contribution is -2.41. The maximum absolute atomic E-state index is 11.6. The van der Waals surface area contributed by atoms with Gasteiger partial charge in [-0.1, -0.05) is 52.4 Å². The van der Waals surface area contributed by atoms with E-state index in [1.54, 1.807) is 0 Å². The van der Waals surface area contributed by atoms with Crippen LogP contribution in [0.25, 0.3) is 0 Å². The van der Waals surface area contributed by atoms with E-state index < -0.39 is 11.5 Å². The molecule has 19 heavy (non-hydrogen) atoms. The molecule has 0 radical (unpaired) electrons. The fraction of sp³-hybridized carbons (Fsp3) is 0.750. The molecular formula is C16H26O3. The van der Waals surface area contributed by atoms with Gasteiger partial charge in [-0.3, -0.25) is 9.59 Å². The summed E-state index contributed by atoms with van der Waals surface area (Å²) in [4.78, 5) is 23.1. The maximum Gasteiger partial charge on any atom is 0.232 e. The first kappa shape index (κ1) is 16.1. The van der Waals surface area contributed by atoms with Crippen molar-refractivity contribution in [1.29, 1.82) is 0 Å². The Hall–Kier alpha value is -0.960. The minimum atomic E-state index is -0.723. The second kappa shape index (κ2) is 8.26. The first-order valence-electron chi connectivity index (χ1n) is 7.63. The second-order valence-corrected chi connectivity index (χ2v) is 5.37. The van der Waals surface area contributed by atoms with Crippen molar-refractivity contribution >= 4 is 0 Å². The summed E-state index contributed by atoms with van der Waals surface area (Å²) in [5, 5.41) is 10.1. The van der Waals surface area contributed by atoms with Crippen molar-refractivity contribution in [2.75, 3.05) is 0 Å². The van der Waals surface area contributed by atoms with Crippen molar-refractivity contribution in [3.05, 3.63) is 31.6 Å². The first-order chi connectivity index (χ1) is 9.13. The van der Waals surface area contributed by atoms with Crippen molar-refractivity contribution in [2.24, 2.45) is 0 Å². The molecule has 0 fully saturated rings. The van der Waals surface area contributed by atoms with Gasteiger partial charge in [0.15, 0.2) is 0 Å². The maximum atomic E-state index is 11.6. The molecule has 1 rings (SSSR count). The number of rotatable bonds is 10. The number of aliphatic hydroxyl groups excluding tert-OH is 1. The molecule has 0 saturated carbocycles. The Labute approximate surface area is 115 Å². The summed E-state index contributed by atoms with van der Waals surface area (Å²) in [6, 6.07) is 0. The molecule has 0 aliphatic heterocycles. The smallest absolute Gasteiger partial charge is 0.232 e. The Morgan fingerprint density at radius 3 is 2.16 bits per heavy atom. The van der Waals surface area contributed by atoms with E-state index in [1.165, 1.54) is 0 Å². The van der Waals surface area contributed by atoms with Crippen molar-refractivity contribution in [2.45, 2.75) is 77.7 Å². The summed E-state index contributed by atoms with van der Waals surface area (Å²) in [6.45, 7) is 4.24. The highest BCUT2D eigenvalue weighted by molar-refractivity contribution is 5.35. The molecule has 0 saturated heterocycles. The summed E-state index contributed by atoms with van der Waals surface area (Å²) in [5.74, 6) is 0. The summed E-state index contributed by atoms with van der Waals surface area (Å²) >= 11 is 0. The lowest BCUT2D eigenvalue weighted by Gasteiger charge is -2.16. The molecule has 0 aliphatic rings. The van der Waals surface area contributed by atoms with Crippen LogP contribution in [0.5, 0.6) is 0 Å². The average Bonchev–Trinajstić information content (AvgIpc) is 2.42. The largest absolute Gasteiger partial charge is 0.388 e. The SMILES string of the molecule is CCCCCCC(O)c1c(CCCCC)c(=O)c1=O. The molecule has 0 spiro atoms. The van der Waals surface area contributed by atoms with Gasteiger partial charge in [-0.05, 0) is 19.3 Å². The van der Waals surface area contributed by atoms with Gasteiger partial charge < -0.3 is 5.11 Å². The normalized spacial score (nSPS) is 13.0. The Bertz CT molecular complexity index is 441. The third-order valence-electron chi connectivity index (χ3n) is 3.74. The third-order valence-corrected chi connectivity index (χ3v) is 3.74. The Kier molecular flexibility index (Phi) is 7.00. The van der Waals surface area contributed by atoms with Crippen LogP contribution >= 0.6 is 0 Å². The van der Waals surface area contributed by atoms with Crippen LogP contribution in [0.3, 0.4) is 0 Å². The van der Waals surface area contributed by atoms with Gasteiger partial charge in [0.05, 0.1) is 6.10 Å². The predicted octanol–water partition coefficient (Wildman–Crippen LogP) is 3.02. The zero-order valence-corrected chi connectivity index (χ0v) is 12.2. The van der Waals surface area contributed by atoms with E-state index in [2.05, 4.69) is 13.8 Å². The quantitative estimate of drug-likeness (QED) is 0.523. The number of aliphatic hydroxyl groups is 1. The standard InChI is InChI=1S/C16H26O3/c1-3-5-7-9-11-13(17)14-12(10-8-6-4-2)15(18)16(14)19/h13,17H,3-11H2,1-2H3. The van der Waals surface area contributed by atoms with Crippen LogP contribution in [0.2, 0.25) is 0 Å². The molecule has 3 nitrogen and oxygen atoms in total. The molecule has 108 valence electrons. The number of hydrogen-bond acceptors (Lipinski definition) is 3. The molecular weight excluding hydrogens is 240 g/mol. The van der Waals surface area contributed by atoms with Crippen molar-refractivity contribution in [3.8, 4) is 0 Å². The van der Waals surface area contributed by atoms with E-state index in [-0.39, 0.29) is 5.43 Å². The molecule has 0 bridgehead atoms. The molecule has 0 aromatic heterocycles. The van der Waals surface area contributed by atoms with Crippen LogP contribution in [0, 0.1) is 0 Å². The Morgan fingerprint density at radius 1 is 0.895 bits per heavy atom. The van der Waals surface area contributed by atoms with Crippen LogP contribution in [-0.4, -0.2) is 5.11 Å². The molecule has 1 atom stereocenters. The molecule has 3 heteroatoms. The van der Waals surface area contributed by atoms with Gasteiger partial charge in [0.2, 0.25) is 10.9 Å². The topological polar surface area (TPSA) is 54.4 Å². The highest BCUT2D eigenvalue weighted by Gasteiger charge is 2.25. The minimum Gasteiger partial charge on any atom is -0.388 e.